The fourth-order valence-corrected chi connectivity index (χ4v) is 2.97. The van der Waals surface area contributed by atoms with Crippen molar-refractivity contribution >= 4 is 18.3 Å². The van der Waals surface area contributed by atoms with E-state index in [2.05, 4.69) is 15.5 Å². The lowest BCUT2D eigenvalue weighted by Crippen LogP contribution is -2.47. The number of hydrogen-bond acceptors (Lipinski definition) is 5. The first-order valence-electron chi connectivity index (χ1n) is 7.15. The van der Waals surface area contributed by atoms with Gasteiger partial charge in [0, 0.05) is 19.5 Å². The summed E-state index contributed by atoms with van der Waals surface area (Å²) in [6.45, 7) is 2.35. The molecule has 6 nitrogen and oxygen atoms in total. The predicted molar refractivity (Wildman–Crippen MR) is 76.2 cm³/mol. The third kappa shape index (κ3) is 3.55. The first-order valence-corrected chi connectivity index (χ1v) is 7.15. The summed E-state index contributed by atoms with van der Waals surface area (Å²) in [5.74, 6) is -1.97. The van der Waals surface area contributed by atoms with Crippen LogP contribution in [0.15, 0.2) is 4.52 Å². The Morgan fingerprint density at radius 2 is 2.27 bits per heavy atom. The molecule has 2 unspecified atom stereocenters. The summed E-state index contributed by atoms with van der Waals surface area (Å²) in [7, 11) is 0. The summed E-state index contributed by atoms with van der Waals surface area (Å²) in [6.07, 6.45) is 1.24. The van der Waals surface area contributed by atoms with E-state index in [1.54, 1.807) is 11.8 Å². The van der Waals surface area contributed by atoms with Gasteiger partial charge in [0.25, 0.3) is 5.92 Å². The molecule has 22 heavy (non-hydrogen) atoms. The number of aryl methyl sites for hydroxylation is 1. The number of carbonyl (C=O) groups excluding carboxylic acids is 1. The van der Waals surface area contributed by atoms with Crippen molar-refractivity contribution in [2.24, 2.45) is 0 Å². The summed E-state index contributed by atoms with van der Waals surface area (Å²) in [6, 6.07) is -0.789. The molecule has 1 N–H and O–H groups in total. The quantitative estimate of drug-likeness (QED) is 0.886. The smallest absolute Gasteiger partial charge is 0.262 e. The molecule has 0 bridgehead atoms. The van der Waals surface area contributed by atoms with Crippen molar-refractivity contribution in [1.29, 1.82) is 0 Å². The van der Waals surface area contributed by atoms with Gasteiger partial charge in [-0.15, -0.1) is 12.4 Å². The van der Waals surface area contributed by atoms with Gasteiger partial charge in [0.15, 0.2) is 5.82 Å². The first-order chi connectivity index (χ1) is 9.94. The van der Waals surface area contributed by atoms with Gasteiger partial charge in [-0.2, -0.15) is 4.98 Å². The van der Waals surface area contributed by atoms with E-state index >= 15 is 0 Å². The van der Waals surface area contributed by atoms with Crippen molar-refractivity contribution in [1.82, 2.24) is 20.4 Å². The van der Waals surface area contributed by atoms with Gasteiger partial charge in [0.05, 0.1) is 18.5 Å². The second-order valence-electron chi connectivity index (χ2n) is 5.80. The highest BCUT2D eigenvalue weighted by Crippen LogP contribution is 2.29. The van der Waals surface area contributed by atoms with Crippen LogP contribution in [0.2, 0.25) is 0 Å². The monoisotopic (exact) mass is 336 g/mol. The van der Waals surface area contributed by atoms with Gasteiger partial charge in [0.2, 0.25) is 11.8 Å². The van der Waals surface area contributed by atoms with Crippen LogP contribution in [0.25, 0.3) is 0 Å². The molecule has 3 rings (SSSR count). The van der Waals surface area contributed by atoms with Crippen molar-refractivity contribution in [3.05, 3.63) is 11.7 Å². The number of rotatable bonds is 2. The van der Waals surface area contributed by atoms with Crippen LogP contribution in [0, 0.1) is 6.92 Å². The Balaban J connectivity index is 0.00000176. The Morgan fingerprint density at radius 1 is 1.50 bits per heavy atom. The van der Waals surface area contributed by atoms with E-state index in [0.717, 1.165) is 12.8 Å². The average Bonchev–Trinajstić information content (AvgIpc) is 3.04. The van der Waals surface area contributed by atoms with Crippen molar-refractivity contribution in [3.63, 3.8) is 0 Å². The summed E-state index contributed by atoms with van der Waals surface area (Å²) >= 11 is 0. The Morgan fingerprint density at radius 3 is 2.86 bits per heavy atom. The van der Waals surface area contributed by atoms with Gasteiger partial charge in [-0.1, -0.05) is 5.16 Å². The lowest BCUT2D eigenvalue weighted by Gasteiger charge is -2.32. The van der Waals surface area contributed by atoms with E-state index < -0.39 is 24.9 Å². The fraction of sp³-hybridized carbons (Fsp3) is 0.769. The number of amides is 1. The highest BCUT2D eigenvalue weighted by Gasteiger charge is 2.44. The van der Waals surface area contributed by atoms with Crippen LogP contribution >= 0.6 is 12.4 Å². The van der Waals surface area contributed by atoms with E-state index in [0.29, 0.717) is 24.8 Å². The zero-order valence-electron chi connectivity index (χ0n) is 12.2. The molecule has 1 amide bonds. The molecule has 9 heteroatoms. The van der Waals surface area contributed by atoms with Gasteiger partial charge < -0.3 is 9.42 Å². The second-order valence-corrected chi connectivity index (χ2v) is 5.80. The second kappa shape index (κ2) is 6.45. The Hall–Kier alpha value is -1.28. The zero-order valence-corrected chi connectivity index (χ0v) is 13.0. The minimum absolute atomic E-state index is 0. The molecule has 2 saturated heterocycles. The summed E-state index contributed by atoms with van der Waals surface area (Å²) in [4.78, 5) is 18.2. The molecule has 2 atom stereocenters. The van der Waals surface area contributed by atoms with Crippen molar-refractivity contribution < 1.29 is 18.1 Å². The Labute approximate surface area is 133 Å². The van der Waals surface area contributed by atoms with Gasteiger partial charge in [0.1, 0.15) is 0 Å². The lowest BCUT2D eigenvalue weighted by molar-refractivity contribution is -0.135. The number of nitrogens with zero attached hydrogens (tertiary/aromatic N) is 3. The maximum atomic E-state index is 13.2. The minimum atomic E-state index is -2.79. The van der Waals surface area contributed by atoms with Gasteiger partial charge in [-0.3, -0.25) is 10.1 Å². The molecule has 2 fully saturated rings. The molecule has 0 aliphatic carbocycles. The molecule has 3 heterocycles. The SMILES string of the molecule is Cc1noc(C2CCCN(C(=O)C3CC(F)(F)CN3)C2)n1.Cl. The first kappa shape index (κ1) is 17.1. The van der Waals surface area contributed by atoms with E-state index in [1.807, 2.05) is 0 Å². The number of carbonyl (C=O) groups is 1. The zero-order chi connectivity index (χ0) is 15.0. The number of likely N-dealkylation sites (tertiary alicyclic amines) is 1. The van der Waals surface area contributed by atoms with Crippen LogP contribution in [0.5, 0.6) is 0 Å². The maximum absolute atomic E-state index is 13.2. The van der Waals surface area contributed by atoms with Crippen LogP contribution < -0.4 is 5.32 Å². The largest absolute Gasteiger partial charge is 0.341 e. The molecule has 2 aliphatic heterocycles. The molecule has 0 spiro atoms. The van der Waals surface area contributed by atoms with E-state index in [-0.39, 0.29) is 24.2 Å². The molecule has 124 valence electrons. The van der Waals surface area contributed by atoms with Crippen LogP contribution in [-0.2, 0) is 4.79 Å². The Kier molecular flexibility index (Phi) is 5.01. The molecule has 1 aromatic heterocycles. The molecular weight excluding hydrogens is 318 g/mol. The minimum Gasteiger partial charge on any atom is -0.341 e. The topological polar surface area (TPSA) is 71.3 Å². The normalized spacial score (nSPS) is 27.5. The fourth-order valence-electron chi connectivity index (χ4n) is 2.97. The molecule has 1 aromatic rings. The Bertz CT molecular complexity index is 540. The number of alkyl halides is 2. The van der Waals surface area contributed by atoms with E-state index in [1.165, 1.54) is 0 Å². The van der Waals surface area contributed by atoms with Gasteiger partial charge >= 0.3 is 0 Å². The van der Waals surface area contributed by atoms with Crippen LogP contribution in [0.4, 0.5) is 8.78 Å². The van der Waals surface area contributed by atoms with Crippen LogP contribution in [0.3, 0.4) is 0 Å². The summed E-state index contributed by atoms with van der Waals surface area (Å²) < 4.78 is 31.6. The van der Waals surface area contributed by atoms with Gasteiger partial charge in [-0.25, -0.2) is 8.78 Å². The highest BCUT2D eigenvalue weighted by molar-refractivity contribution is 5.85. The molecule has 0 saturated carbocycles. The number of nitrogens with one attached hydrogen (secondary N) is 1. The van der Waals surface area contributed by atoms with Crippen molar-refractivity contribution in [3.8, 4) is 0 Å². The molecular formula is C13H19ClF2N4O2. The van der Waals surface area contributed by atoms with Crippen molar-refractivity contribution in [2.75, 3.05) is 19.6 Å². The predicted octanol–water partition coefficient (Wildman–Crippen LogP) is 1.50. The van der Waals surface area contributed by atoms with Crippen LogP contribution in [0.1, 0.15) is 36.9 Å². The molecule has 2 aliphatic rings. The number of halogens is 3. The van der Waals surface area contributed by atoms with Crippen LogP contribution in [-0.4, -0.2) is 52.5 Å². The number of aromatic nitrogens is 2. The van der Waals surface area contributed by atoms with E-state index in [9.17, 15) is 13.6 Å². The molecule has 0 radical (unpaired) electrons. The molecule has 0 aromatic carbocycles. The van der Waals surface area contributed by atoms with E-state index in [4.69, 9.17) is 4.52 Å². The third-order valence-electron chi connectivity index (χ3n) is 4.03. The van der Waals surface area contributed by atoms with Gasteiger partial charge in [-0.05, 0) is 19.8 Å². The standard InChI is InChI=1S/C13H18F2N4O2.ClH/c1-8-17-11(21-18-8)9-3-2-4-19(6-9)12(20)10-5-13(14,15)7-16-10;/h9-10,16H,2-7H2,1H3;1H. The number of piperidine rings is 1. The summed E-state index contributed by atoms with van der Waals surface area (Å²) in [5.41, 5.74) is 0. The lowest BCUT2D eigenvalue weighted by atomic mass is 9.97. The third-order valence-corrected chi connectivity index (χ3v) is 4.03. The maximum Gasteiger partial charge on any atom is 0.262 e. The average molecular weight is 337 g/mol. The van der Waals surface area contributed by atoms with Crippen molar-refractivity contribution in [2.45, 2.75) is 44.1 Å². The highest BCUT2D eigenvalue weighted by atomic mass is 35.5. The summed E-state index contributed by atoms with van der Waals surface area (Å²) in [5, 5.41) is 6.37. The number of hydrogen-bond donors (Lipinski definition) is 1.